The van der Waals surface area contributed by atoms with Gasteiger partial charge in [0.2, 0.25) is 0 Å². The topological polar surface area (TPSA) is 89.8 Å². The summed E-state index contributed by atoms with van der Waals surface area (Å²) in [7, 11) is 4.80. The molecule has 1 aromatic carbocycles. The van der Waals surface area contributed by atoms with Crippen LogP contribution in [-0.2, 0) is 20.1 Å². The van der Waals surface area contributed by atoms with Gasteiger partial charge in [0.1, 0.15) is 23.1 Å². The fraction of sp³-hybridized carbons (Fsp3) is 0.273. The zero-order valence-corrected chi connectivity index (χ0v) is 17.8. The number of fused-ring (bicyclic) bond motifs is 1. The minimum Gasteiger partial charge on any atom is -0.497 e. The fourth-order valence-electron chi connectivity index (χ4n) is 3.47. The third kappa shape index (κ3) is 3.94. The highest BCUT2D eigenvalue weighted by atomic mass is 16.5. The van der Waals surface area contributed by atoms with Crippen molar-refractivity contribution in [3.63, 3.8) is 0 Å². The molecule has 1 aliphatic heterocycles. The summed E-state index contributed by atoms with van der Waals surface area (Å²) in [4.78, 5) is 37.7. The SMILES string of the molecule is COc1cc(OC)cc(N2Cc3cnc(C)nc3N(Cc3ccn(C)c(=O)c3)C2=O)c1. The molecule has 0 N–H and O–H groups in total. The summed E-state index contributed by atoms with van der Waals surface area (Å²) >= 11 is 0. The molecule has 4 rings (SSSR count). The molecule has 9 heteroatoms. The normalized spacial score (nSPS) is 13.2. The van der Waals surface area contributed by atoms with Gasteiger partial charge in [-0.2, -0.15) is 0 Å². The Balaban J connectivity index is 1.79. The molecule has 9 nitrogen and oxygen atoms in total. The molecule has 0 unspecified atom stereocenters. The number of carbonyl (C=O) groups is 1. The van der Waals surface area contributed by atoms with Gasteiger partial charge >= 0.3 is 6.03 Å². The van der Waals surface area contributed by atoms with Gasteiger partial charge in [-0.05, 0) is 18.6 Å². The number of urea groups is 1. The summed E-state index contributed by atoms with van der Waals surface area (Å²) in [6.45, 7) is 2.29. The van der Waals surface area contributed by atoms with E-state index in [1.54, 1.807) is 68.6 Å². The number of anilines is 2. The van der Waals surface area contributed by atoms with Crippen LogP contribution in [0.3, 0.4) is 0 Å². The van der Waals surface area contributed by atoms with E-state index in [0.29, 0.717) is 40.9 Å². The predicted molar refractivity (Wildman–Crippen MR) is 116 cm³/mol. The van der Waals surface area contributed by atoms with Crippen molar-refractivity contribution >= 4 is 17.5 Å². The molecule has 0 saturated carbocycles. The molecule has 0 saturated heterocycles. The first-order valence-electron chi connectivity index (χ1n) is 9.70. The Bertz CT molecular complexity index is 1180. The third-order valence-corrected chi connectivity index (χ3v) is 5.17. The van der Waals surface area contributed by atoms with E-state index in [1.807, 2.05) is 6.07 Å². The second-order valence-corrected chi connectivity index (χ2v) is 7.28. The summed E-state index contributed by atoms with van der Waals surface area (Å²) in [5.74, 6) is 2.26. The number of ether oxygens (including phenoxy) is 2. The second kappa shape index (κ2) is 8.10. The summed E-state index contributed by atoms with van der Waals surface area (Å²) in [5, 5.41) is 0. The third-order valence-electron chi connectivity index (χ3n) is 5.17. The summed E-state index contributed by atoms with van der Waals surface area (Å²) < 4.78 is 12.2. The van der Waals surface area contributed by atoms with Gasteiger partial charge in [-0.15, -0.1) is 0 Å². The lowest BCUT2D eigenvalue weighted by molar-refractivity contribution is 0.249. The van der Waals surface area contributed by atoms with Crippen LogP contribution in [0.4, 0.5) is 16.3 Å². The van der Waals surface area contributed by atoms with Crippen molar-refractivity contribution in [2.75, 3.05) is 24.0 Å². The van der Waals surface area contributed by atoms with Gasteiger partial charge in [0, 0.05) is 49.3 Å². The molecule has 1 aliphatic rings. The minimum atomic E-state index is -0.262. The first-order valence-corrected chi connectivity index (χ1v) is 9.70. The Kier molecular flexibility index (Phi) is 5.33. The van der Waals surface area contributed by atoms with E-state index in [9.17, 15) is 9.59 Å². The molecule has 0 fully saturated rings. The molecule has 2 amide bonds. The number of benzene rings is 1. The van der Waals surface area contributed by atoms with Gasteiger partial charge in [-0.1, -0.05) is 0 Å². The zero-order chi connectivity index (χ0) is 22.1. The lowest BCUT2D eigenvalue weighted by Crippen LogP contribution is -2.47. The van der Waals surface area contributed by atoms with Gasteiger partial charge in [0.05, 0.1) is 33.0 Å². The van der Waals surface area contributed by atoms with Crippen molar-refractivity contribution in [2.45, 2.75) is 20.0 Å². The number of rotatable bonds is 5. The number of hydrogen-bond donors (Lipinski definition) is 0. The van der Waals surface area contributed by atoms with E-state index in [0.717, 1.165) is 5.56 Å². The van der Waals surface area contributed by atoms with Crippen molar-refractivity contribution in [1.82, 2.24) is 14.5 Å². The highest BCUT2D eigenvalue weighted by molar-refractivity contribution is 6.05. The number of hydrogen-bond acceptors (Lipinski definition) is 6. The van der Waals surface area contributed by atoms with Crippen LogP contribution in [0.15, 0.2) is 47.5 Å². The van der Waals surface area contributed by atoms with Crippen LogP contribution in [0.2, 0.25) is 0 Å². The van der Waals surface area contributed by atoms with Crippen LogP contribution in [0.25, 0.3) is 0 Å². The highest BCUT2D eigenvalue weighted by Gasteiger charge is 2.33. The Labute approximate surface area is 179 Å². The number of aromatic nitrogens is 3. The number of amides is 2. The van der Waals surface area contributed by atoms with Gasteiger partial charge < -0.3 is 14.0 Å². The summed E-state index contributed by atoms with van der Waals surface area (Å²) in [6, 6.07) is 8.37. The maximum absolute atomic E-state index is 13.6. The largest absolute Gasteiger partial charge is 0.497 e. The van der Waals surface area contributed by atoms with Crippen molar-refractivity contribution in [3.8, 4) is 11.5 Å². The van der Waals surface area contributed by atoms with E-state index in [-0.39, 0.29) is 18.1 Å². The summed E-state index contributed by atoms with van der Waals surface area (Å²) in [5.41, 5.74) is 2.00. The van der Waals surface area contributed by atoms with E-state index < -0.39 is 0 Å². The van der Waals surface area contributed by atoms with Crippen LogP contribution in [-0.4, -0.2) is 34.8 Å². The van der Waals surface area contributed by atoms with Crippen molar-refractivity contribution in [3.05, 3.63) is 70.0 Å². The van der Waals surface area contributed by atoms with Crippen molar-refractivity contribution < 1.29 is 14.3 Å². The molecule has 0 bridgehead atoms. The molecule has 0 atom stereocenters. The van der Waals surface area contributed by atoms with Gasteiger partial charge in [0.15, 0.2) is 0 Å². The molecule has 160 valence electrons. The smallest absolute Gasteiger partial charge is 0.330 e. The molecular weight excluding hydrogens is 398 g/mol. The minimum absolute atomic E-state index is 0.143. The van der Waals surface area contributed by atoms with E-state index in [2.05, 4.69) is 9.97 Å². The molecule has 2 aromatic heterocycles. The Morgan fingerprint density at radius 3 is 2.42 bits per heavy atom. The first kappa shape index (κ1) is 20.4. The monoisotopic (exact) mass is 421 g/mol. The molecule has 0 spiro atoms. The Morgan fingerprint density at radius 1 is 1.06 bits per heavy atom. The Morgan fingerprint density at radius 2 is 1.77 bits per heavy atom. The van der Waals surface area contributed by atoms with Crippen molar-refractivity contribution in [1.29, 1.82) is 0 Å². The van der Waals surface area contributed by atoms with Crippen molar-refractivity contribution in [2.24, 2.45) is 7.05 Å². The molecule has 31 heavy (non-hydrogen) atoms. The van der Waals surface area contributed by atoms with E-state index >= 15 is 0 Å². The Hall–Kier alpha value is -3.88. The van der Waals surface area contributed by atoms with Crippen LogP contribution in [0.1, 0.15) is 17.0 Å². The lowest BCUT2D eigenvalue weighted by atomic mass is 10.1. The van der Waals surface area contributed by atoms with Crippen LogP contribution in [0.5, 0.6) is 11.5 Å². The summed E-state index contributed by atoms with van der Waals surface area (Å²) in [6.07, 6.45) is 3.41. The average Bonchev–Trinajstić information content (AvgIpc) is 2.77. The number of aryl methyl sites for hydroxylation is 2. The first-order chi connectivity index (χ1) is 14.9. The number of nitrogens with zero attached hydrogens (tertiary/aromatic N) is 5. The van der Waals surface area contributed by atoms with E-state index in [1.165, 1.54) is 10.6 Å². The van der Waals surface area contributed by atoms with Gasteiger partial charge in [-0.3, -0.25) is 14.6 Å². The maximum atomic E-state index is 13.6. The molecule has 3 aromatic rings. The lowest BCUT2D eigenvalue weighted by Gasteiger charge is -2.36. The maximum Gasteiger partial charge on any atom is 0.330 e. The number of carbonyl (C=O) groups excluding carboxylic acids is 1. The van der Waals surface area contributed by atoms with Gasteiger partial charge in [0.25, 0.3) is 5.56 Å². The molecular formula is C22H23N5O4. The van der Waals surface area contributed by atoms with Crippen LogP contribution in [0, 0.1) is 6.92 Å². The standard InChI is InChI=1S/C22H23N5O4/c1-14-23-11-16-13-26(17-8-18(30-3)10-19(9-17)31-4)22(29)27(21(16)24-14)12-15-5-6-25(2)20(28)7-15/h5-11H,12-13H2,1-4H3. The highest BCUT2D eigenvalue weighted by Crippen LogP contribution is 2.35. The number of methoxy groups -OCH3 is 2. The van der Waals surface area contributed by atoms with E-state index in [4.69, 9.17) is 9.47 Å². The van der Waals surface area contributed by atoms with Gasteiger partial charge in [-0.25, -0.2) is 14.8 Å². The fourth-order valence-corrected chi connectivity index (χ4v) is 3.47. The zero-order valence-electron chi connectivity index (χ0n) is 17.8. The average molecular weight is 421 g/mol. The molecule has 0 radical (unpaired) electrons. The predicted octanol–water partition coefficient (Wildman–Crippen LogP) is 2.65. The van der Waals surface area contributed by atoms with Crippen LogP contribution < -0.4 is 24.8 Å². The number of pyridine rings is 1. The van der Waals surface area contributed by atoms with Crippen LogP contribution >= 0.6 is 0 Å². The molecule has 0 aliphatic carbocycles. The molecule has 3 heterocycles. The second-order valence-electron chi connectivity index (χ2n) is 7.28. The quantitative estimate of drug-likeness (QED) is 0.629.